The van der Waals surface area contributed by atoms with Crippen LogP contribution in [-0.2, 0) is 20.0 Å². The van der Waals surface area contributed by atoms with Crippen molar-refractivity contribution < 1.29 is 16.8 Å². The largest absolute Gasteiger partial charge is 0.309 e. The highest BCUT2D eigenvalue weighted by atomic mass is 32.2. The first kappa shape index (κ1) is 40.6. The maximum atomic E-state index is 14.5. The number of rotatable bonds is 12. The number of nitrogens with zero attached hydrogens (tertiary/aromatic N) is 4. The molecule has 0 heterocycles. The summed E-state index contributed by atoms with van der Waals surface area (Å²) in [4.78, 5) is 27.0. The molecule has 5 rings (SSSR count). The smallest absolute Gasteiger partial charge is 0.243 e. The van der Waals surface area contributed by atoms with Crippen LogP contribution in [0.3, 0.4) is 0 Å². The fourth-order valence-electron chi connectivity index (χ4n) is 8.74. The van der Waals surface area contributed by atoms with E-state index in [1.165, 1.54) is 30.3 Å². The highest BCUT2D eigenvalue weighted by molar-refractivity contribution is 7.89. The number of benzene rings is 2. The molecule has 3 aliphatic rings. The molecule has 0 bridgehead atoms. The monoisotopic (exact) mass is 757 g/mol. The van der Waals surface area contributed by atoms with Crippen molar-refractivity contribution in [2.75, 3.05) is 27.2 Å². The minimum Gasteiger partial charge on any atom is -0.309 e. The maximum Gasteiger partial charge on any atom is 0.243 e. The molecule has 0 aliphatic heterocycles. The van der Waals surface area contributed by atoms with Crippen LogP contribution in [0.25, 0.3) is 0 Å². The molecule has 2 atom stereocenters. The third-order valence-corrected chi connectivity index (χ3v) is 15.5. The van der Waals surface area contributed by atoms with E-state index < -0.39 is 32.1 Å². The average Bonchev–Trinajstić information content (AvgIpc) is 3.07. The molecule has 52 heavy (non-hydrogen) atoms. The normalized spacial score (nSPS) is 25.8. The van der Waals surface area contributed by atoms with E-state index in [0.29, 0.717) is 35.9 Å². The van der Waals surface area contributed by atoms with Gasteiger partial charge in [0, 0.05) is 18.6 Å². The molecule has 2 unspecified atom stereocenters. The molecule has 0 spiro atoms. The molecule has 11 nitrogen and oxygen atoms in total. The molecule has 3 aliphatic carbocycles. The second-order valence-electron chi connectivity index (χ2n) is 17.8. The standard InChI is InChI=1S/C39H59N5O6S2/c1-38(2,3)26-10-14-28(15-11-26)42-51(47,48)30-18-20-32-34(24-30)37(41-46)35-25-31(19-21-33(35)36(32)40-45)52(49,50)44(23-9-22-43(7)8)29-16-12-27(13-17-29)39(4,5)6/h18-21,24-29,36-37,42H,9-17,22-23H2,1-8H3. The Labute approximate surface area is 311 Å². The number of nitroso groups, excluding NO2 is 2. The summed E-state index contributed by atoms with van der Waals surface area (Å²) in [5, 5.41) is 6.78. The van der Waals surface area contributed by atoms with Gasteiger partial charge in [-0.2, -0.15) is 4.31 Å². The third-order valence-electron chi connectivity index (χ3n) is 12.0. The number of fused-ring (bicyclic) bond motifs is 2. The minimum atomic E-state index is -4.02. The SMILES string of the molecule is CN(C)CCCN(C1CCC(C(C)(C)C)CC1)S(=O)(=O)c1ccc2c(c1)C(N=O)c1cc(S(=O)(=O)NC3CCC(C(C)(C)C)CC3)ccc1C2N=O. The van der Waals surface area contributed by atoms with E-state index in [4.69, 9.17) is 0 Å². The molecule has 0 amide bonds. The molecule has 0 saturated heterocycles. The summed E-state index contributed by atoms with van der Waals surface area (Å²) in [7, 11) is -4.07. The van der Waals surface area contributed by atoms with Crippen molar-refractivity contribution >= 4 is 20.0 Å². The molecule has 2 aromatic rings. The lowest BCUT2D eigenvalue weighted by molar-refractivity contribution is 0.133. The fourth-order valence-corrected chi connectivity index (χ4v) is 11.8. The van der Waals surface area contributed by atoms with Gasteiger partial charge >= 0.3 is 0 Å². The van der Waals surface area contributed by atoms with Crippen molar-refractivity contribution in [1.82, 2.24) is 13.9 Å². The second kappa shape index (κ2) is 15.6. The first-order valence-corrected chi connectivity index (χ1v) is 21.8. The second-order valence-corrected chi connectivity index (χ2v) is 21.4. The van der Waals surface area contributed by atoms with E-state index in [0.717, 1.165) is 57.9 Å². The van der Waals surface area contributed by atoms with Gasteiger partial charge in [-0.05, 0) is 148 Å². The van der Waals surface area contributed by atoms with Crippen LogP contribution in [0, 0.1) is 32.5 Å². The van der Waals surface area contributed by atoms with E-state index in [9.17, 15) is 26.6 Å². The lowest BCUT2D eigenvalue weighted by Crippen LogP contribution is -2.44. The van der Waals surface area contributed by atoms with E-state index in [2.05, 4.69) is 56.6 Å². The first-order valence-electron chi connectivity index (χ1n) is 18.9. The molecule has 288 valence electrons. The van der Waals surface area contributed by atoms with Crippen LogP contribution < -0.4 is 4.72 Å². The van der Waals surface area contributed by atoms with E-state index in [1.54, 1.807) is 10.4 Å². The average molecular weight is 758 g/mol. The molecule has 2 saturated carbocycles. The molecule has 0 radical (unpaired) electrons. The van der Waals surface area contributed by atoms with Gasteiger partial charge in [0.1, 0.15) is 12.1 Å². The third kappa shape index (κ3) is 8.69. The quantitative estimate of drug-likeness (QED) is 0.215. The van der Waals surface area contributed by atoms with Gasteiger partial charge in [0.05, 0.1) is 9.79 Å². The van der Waals surface area contributed by atoms with Crippen LogP contribution in [0.15, 0.2) is 56.5 Å². The number of hydrogen-bond acceptors (Lipinski definition) is 9. The predicted octanol–water partition coefficient (Wildman–Crippen LogP) is 8.14. The lowest BCUT2D eigenvalue weighted by Gasteiger charge is -2.40. The van der Waals surface area contributed by atoms with Gasteiger partial charge < -0.3 is 4.90 Å². The van der Waals surface area contributed by atoms with Crippen LogP contribution in [0.1, 0.15) is 134 Å². The summed E-state index contributed by atoms with van der Waals surface area (Å²) >= 11 is 0. The predicted molar refractivity (Wildman–Crippen MR) is 206 cm³/mol. The molecular weight excluding hydrogens is 699 g/mol. The first-order chi connectivity index (χ1) is 24.3. The van der Waals surface area contributed by atoms with Crippen molar-refractivity contribution in [3.63, 3.8) is 0 Å². The summed E-state index contributed by atoms with van der Waals surface area (Å²) in [6.45, 7) is 14.4. The van der Waals surface area contributed by atoms with Gasteiger partial charge in [-0.25, -0.2) is 21.6 Å². The van der Waals surface area contributed by atoms with Crippen LogP contribution >= 0.6 is 0 Å². The van der Waals surface area contributed by atoms with Gasteiger partial charge in [0.2, 0.25) is 20.0 Å². The van der Waals surface area contributed by atoms with Crippen LogP contribution in [0.2, 0.25) is 0 Å². The molecule has 2 aromatic carbocycles. The Balaban J connectivity index is 1.45. The molecule has 13 heteroatoms. The van der Waals surface area contributed by atoms with Crippen molar-refractivity contribution in [1.29, 1.82) is 0 Å². The Morgan fingerprint density at radius 1 is 0.654 bits per heavy atom. The van der Waals surface area contributed by atoms with Gasteiger partial charge in [-0.3, -0.25) is 0 Å². The molecule has 1 N–H and O–H groups in total. The number of sulfonamides is 2. The zero-order chi connectivity index (χ0) is 38.2. The summed E-state index contributed by atoms with van der Waals surface area (Å²) in [5.41, 5.74) is 1.57. The molecule has 0 aromatic heterocycles. The zero-order valence-corrected chi connectivity index (χ0v) is 33.9. The molecule has 2 fully saturated rings. The topological polar surface area (TPSA) is 146 Å². The van der Waals surface area contributed by atoms with Crippen molar-refractivity contribution in [2.24, 2.45) is 33.0 Å². The van der Waals surface area contributed by atoms with Crippen LogP contribution in [0.4, 0.5) is 0 Å². The summed E-state index contributed by atoms with van der Waals surface area (Å²) in [6, 6.07) is 6.22. The van der Waals surface area contributed by atoms with Crippen LogP contribution in [-0.4, -0.2) is 65.3 Å². The lowest BCUT2D eigenvalue weighted by atomic mass is 9.71. The number of nitrogens with one attached hydrogen (secondary N) is 1. The fraction of sp³-hybridized carbons (Fsp3) is 0.692. The zero-order valence-electron chi connectivity index (χ0n) is 32.3. The molecular formula is C39H59N5O6S2. The van der Waals surface area contributed by atoms with Gasteiger partial charge in [-0.1, -0.05) is 64.0 Å². The Morgan fingerprint density at radius 2 is 1.12 bits per heavy atom. The Hall–Kier alpha value is -2.58. The summed E-state index contributed by atoms with van der Waals surface area (Å²) < 4.78 is 60.9. The highest BCUT2D eigenvalue weighted by Gasteiger charge is 2.40. The van der Waals surface area contributed by atoms with Crippen molar-refractivity contribution in [3.8, 4) is 0 Å². The van der Waals surface area contributed by atoms with E-state index in [-0.39, 0.29) is 43.8 Å². The van der Waals surface area contributed by atoms with Crippen molar-refractivity contribution in [2.45, 2.75) is 133 Å². The van der Waals surface area contributed by atoms with Gasteiger partial charge in [0.25, 0.3) is 0 Å². The number of hydrogen-bond donors (Lipinski definition) is 1. The Morgan fingerprint density at radius 3 is 1.60 bits per heavy atom. The minimum absolute atomic E-state index is 0.0205. The summed E-state index contributed by atoms with van der Waals surface area (Å²) in [5.74, 6) is 1.03. The van der Waals surface area contributed by atoms with Crippen LogP contribution in [0.5, 0.6) is 0 Å². The Bertz CT molecular complexity index is 1820. The van der Waals surface area contributed by atoms with Gasteiger partial charge in [0.15, 0.2) is 0 Å². The van der Waals surface area contributed by atoms with Crippen molar-refractivity contribution in [3.05, 3.63) is 68.5 Å². The summed E-state index contributed by atoms with van der Waals surface area (Å²) in [6.07, 6.45) is 7.39. The maximum absolute atomic E-state index is 14.5. The van der Waals surface area contributed by atoms with E-state index in [1.807, 2.05) is 19.0 Å². The highest BCUT2D eigenvalue weighted by Crippen LogP contribution is 2.47. The Kier molecular flexibility index (Phi) is 12.2. The van der Waals surface area contributed by atoms with E-state index >= 15 is 0 Å². The van der Waals surface area contributed by atoms with Gasteiger partial charge in [-0.15, -0.1) is 9.81 Å².